The molecule has 0 aromatic heterocycles. The molecule has 0 aromatic carbocycles. The standard InChI is InChI=1S/C39H66N6O7/c1-12-13-23-18-39(23,31(48)33(50)40-24-14-15-24)43-32(49)29-25(22(2)3)16-17-44(29)34(51)30(37(7,8)9)42-35(52)41-26(36(4,5)6)21-45-27(46)19-38(10,11)20-28(45)47/h22-26,29-31,48H,12-21H2,1-11H3,(H,40,50)(H,43,49)(H2,41,42,52)/t23-,25+,26+,29-,30+,31?,39+/m0/s1. The van der Waals surface area contributed by atoms with Gasteiger partial charge in [0.05, 0.1) is 11.6 Å². The highest BCUT2D eigenvalue weighted by Crippen LogP contribution is 2.50. The number of rotatable bonds is 13. The Bertz CT molecular complexity index is 1380. The molecule has 2 saturated carbocycles. The maximum atomic E-state index is 14.6. The van der Waals surface area contributed by atoms with Crippen molar-refractivity contribution in [2.24, 2.45) is 34.0 Å². The number of nitrogens with zero attached hydrogens (tertiary/aromatic N) is 2. The van der Waals surface area contributed by atoms with E-state index in [4.69, 9.17) is 0 Å². The van der Waals surface area contributed by atoms with Crippen LogP contribution in [0, 0.1) is 34.0 Å². The topological polar surface area (TPSA) is 177 Å². The number of likely N-dealkylation sites (tertiary alicyclic amines) is 2. The van der Waals surface area contributed by atoms with Crippen molar-refractivity contribution in [2.45, 2.75) is 163 Å². The van der Waals surface area contributed by atoms with Gasteiger partial charge in [0.25, 0.3) is 5.91 Å². The minimum Gasteiger partial charge on any atom is -0.381 e. The van der Waals surface area contributed by atoms with Crippen LogP contribution in [0.1, 0.15) is 128 Å². The first-order chi connectivity index (χ1) is 23.9. The van der Waals surface area contributed by atoms with Gasteiger partial charge in [0, 0.05) is 32.0 Å². The molecule has 4 fully saturated rings. The highest BCUT2D eigenvalue weighted by molar-refractivity contribution is 5.98. The van der Waals surface area contributed by atoms with Crippen molar-refractivity contribution in [3.8, 4) is 0 Å². The fourth-order valence-corrected chi connectivity index (χ4v) is 8.03. The third-order valence-corrected chi connectivity index (χ3v) is 11.6. The first-order valence-electron chi connectivity index (χ1n) is 19.4. The zero-order valence-corrected chi connectivity index (χ0v) is 33.5. The van der Waals surface area contributed by atoms with Gasteiger partial charge < -0.3 is 31.3 Å². The second-order valence-electron chi connectivity index (χ2n) is 19.3. The predicted molar refractivity (Wildman–Crippen MR) is 197 cm³/mol. The van der Waals surface area contributed by atoms with Gasteiger partial charge in [-0.3, -0.25) is 28.9 Å². The number of carbonyl (C=O) groups excluding carboxylic acids is 6. The van der Waals surface area contributed by atoms with Crippen LogP contribution in [0.15, 0.2) is 0 Å². The summed E-state index contributed by atoms with van der Waals surface area (Å²) in [6.45, 7) is 21.4. The Balaban J connectivity index is 1.53. The number of amides is 7. The molecule has 7 amide bonds. The molecule has 0 aromatic rings. The first-order valence-corrected chi connectivity index (χ1v) is 19.4. The van der Waals surface area contributed by atoms with E-state index >= 15 is 0 Å². The summed E-state index contributed by atoms with van der Waals surface area (Å²) in [6, 6.07) is -3.04. The summed E-state index contributed by atoms with van der Waals surface area (Å²) in [5, 5.41) is 23.1. The molecular formula is C39H66N6O7. The first kappa shape index (κ1) is 41.5. The average molecular weight is 731 g/mol. The molecule has 4 aliphatic rings. The van der Waals surface area contributed by atoms with E-state index in [0.29, 0.717) is 19.4 Å². The monoisotopic (exact) mass is 730 g/mol. The van der Waals surface area contributed by atoms with E-state index in [0.717, 1.165) is 25.7 Å². The van der Waals surface area contributed by atoms with E-state index in [2.05, 4.69) is 21.3 Å². The Morgan fingerprint density at radius 2 is 1.52 bits per heavy atom. The Hall–Kier alpha value is -3.22. The van der Waals surface area contributed by atoms with Crippen molar-refractivity contribution < 1.29 is 33.9 Å². The number of nitrogens with one attached hydrogen (secondary N) is 4. The van der Waals surface area contributed by atoms with Crippen molar-refractivity contribution in [1.82, 2.24) is 31.1 Å². The Kier molecular flexibility index (Phi) is 12.2. The molecule has 294 valence electrons. The molecule has 13 nitrogen and oxygen atoms in total. The summed E-state index contributed by atoms with van der Waals surface area (Å²) < 4.78 is 0. The van der Waals surface area contributed by atoms with E-state index in [1.54, 1.807) is 4.90 Å². The van der Waals surface area contributed by atoms with Gasteiger partial charge in [0.2, 0.25) is 23.6 Å². The summed E-state index contributed by atoms with van der Waals surface area (Å²) >= 11 is 0. The normalized spacial score (nSPS) is 27.9. The van der Waals surface area contributed by atoms with Crippen LogP contribution in [0.25, 0.3) is 0 Å². The fourth-order valence-electron chi connectivity index (χ4n) is 8.03. The summed E-state index contributed by atoms with van der Waals surface area (Å²) in [7, 11) is 0. The van der Waals surface area contributed by atoms with Crippen molar-refractivity contribution in [3.05, 3.63) is 0 Å². The molecule has 5 N–H and O–H groups in total. The zero-order valence-electron chi connectivity index (χ0n) is 33.5. The second kappa shape index (κ2) is 15.3. The van der Waals surface area contributed by atoms with Crippen LogP contribution < -0.4 is 21.3 Å². The SMILES string of the molecule is CCC[C@H]1C[C@]1(NC(=O)[C@@H]1[C@@H](C(C)C)CCN1C(=O)[C@@H](NC(=O)N[C@H](CN1C(=O)CC(C)(C)CC1=O)C(C)(C)C)C(C)(C)C)C(O)C(=O)NC1CC1. The summed E-state index contributed by atoms with van der Waals surface area (Å²) in [5.41, 5.74) is -2.81. The number of hydrogen-bond acceptors (Lipinski definition) is 7. The van der Waals surface area contributed by atoms with Gasteiger partial charge in [-0.15, -0.1) is 0 Å². The lowest BCUT2D eigenvalue weighted by molar-refractivity contribution is -0.153. The van der Waals surface area contributed by atoms with Crippen molar-refractivity contribution in [1.29, 1.82) is 0 Å². The van der Waals surface area contributed by atoms with Crippen molar-refractivity contribution in [2.75, 3.05) is 13.1 Å². The molecule has 2 saturated heterocycles. The molecule has 52 heavy (non-hydrogen) atoms. The summed E-state index contributed by atoms with van der Waals surface area (Å²) in [4.78, 5) is 84.5. The lowest BCUT2D eigenvalue weighted by atomic mass is 9.80. The van der Waals surface area contributed by atoms with Crippen LogP contribution in [0.4, 0.5) is 4.79 Å². The third-order valence-electron chi connectivity index (χ3n) is 11.6. The maximum absolute atomic E-state index is 14.6. The summed E-state index contributed by atoms with van der Waals surface area (Å²) in [5.74, 6) is -2.00. The molecule has 2 heterocycles. The summed E-state index contributed by atoms with van der Waals surface area (Å²) in [6.07, 6.45) is 3.46. The van der Waals surface area contributed by atoms with Crippen LogP contribution in [0.2, 0.25) is 0 Å². The smallest absolute Gasteiger partial charge is 0.315 e. The Morgan fingerprint density at radius 1 is 0.923 bits per heavy atom. The maximum Gasteiger partial charge on any atom is 0.315 e. The van der Waals surface area contributed by atoms with E-state index in [-0.39, 0.29) is 55.0 Å². The lowest BCUT2D eigenvalue weighted by Gasteiger charge is -2.40. The molecular weight excluding hydrogens is 664 g/mol. The van der Waals surface area contributed by atoms with Gasteiger partial charge in [-0.25, -0.2) is 4.79 Å². The average Bonchev–Trinajstić information content (AvgIpc) is 3.90. The second-order valence-corrected chi connectivity index (χ2v) is 19.3. The number of imide groups is 1. The van der Waals surface area contributed by atoms with Gasteiger partial charge in [-0.1, -0.05) is 82.6 Å². The van der Waals surface area contributed by atoms with Gasteiger partial charge in [-0.05, 0) is 66.1 Å². The molecule has 13 heteroatoms. The molecule has 0 bridgehead atoms. The minimum atomic E-state index is -1.40. The van der Waals surface area contributed by atoms with Crippen molar-refractivity contribution in [3.63, 3.8) is 0 Å². The van der Waals surface area contributed by atoms with Crippen LogP contribution in [-0.4, -0.2) is 99.4 Å². The highest BCUT2D eigenvalue weighted by atomic mass is 16.3. The quantitative estimate of drug-likeness (QED) is 0.180. The van der Waals surface area contributed by atoms with E-state index in [1.807, 2.05) is 76.2 Å². The molecule has 7 atom stereocenters. The molecule has 1 unspecified atom stereocenters. The largest absolute Gasteiger partial charge is 0.381 e. The van der Waals surface area contributed by atoms with Gasteiger partial charge >= 0.3 is 6.03 Å². The van der Waals surface area contributed by atoms with E-state index in [9.17, 15) is 33.9 Å². The molecule has 2 aliphatic heterocycles. The van der Waals surface area contributed by atoms with Crippen LogP contribution >= 0.6 is 0 Å². The molecule has 0 spiro atoms. The molecule has 2 aliphatic carbocycles. The number of carbonyl (C=O) groups is 6. The van der Waals surface area contributed by atoms with Crippen LogP contribution in [0.5, 0.6) is 0 Å². The highest BCUT2D eigenvalue weighted by Gasteiger charge is 2.63. The van der Waals surface area contributed by atoms with E-state index < -0.39 is 69.8 Å². The van der Waals surface area contributed by atoms with Gasteiger partial charge in [0.15, 0.2) is 6.10 Å². The lowest BCUT2D eigenvalue weighted by Crippen LogP contribution is -2.63. The zero-order chi connectivity index (χ0) is 39.1. The number of urea groups is 1. The third kappa shape index (κ3) is 9.46. The molecule has 0 radical (unpaired) electrons. The Labute approximate surface area is 310 Å². The number of aliphatic hydroxyl groups is 1. The van der Waals surface area contributed by atoms with Gasteiger partial charge in [0.1, 0.15) is 12.1 Å². The number of piperidine rings is 1. The minimum absolute atomic E-state index is 0.00847. The van der Waals surface area contributed by atoms with Crippen LogP contribution in [0.3, 0.4) is 0 Å². The number of aliphatic hydroxyl groups excluding tert-OH is 1. The van der Waals surface area contributed by atoms with Gasteiger partial charge in [-0.2, -0.15) is 0 Å². The van der Waals surface area contributed by atoms with Crippen molar-refractivity contribution >= 4 is 35.6 Å². The fraction of sp³-hybridized carbons (Fsp3) is 0.846. The van der Waals surface area contributed by atoms with E-state index in [1.165, 1.54) is 4.90 Å². The Morgan fingerprint density at radius 3 is 2.02 bits per heavy atom. The molecule has 4 rings (SSSR count). The predicted octanol–water partition coefficient (Wildman–Crippen LogP) is 3.48. The van der Waals surface area contributed by atoms with Crippen LogP contribution in [-0.2, 0) is 24.0 Å². The number of hydrogen-bond donors (Lipinski definition) is 5.